The number of rotatable bonds is 6. The van der Waals surface area contributed by atoms with Crippen LogP contribution >= 0.6 is 11.8 Å². The Morgan fingerprint density at radius 3 is 2.32 bits per heavy atom. The number of nitrogens with zero attached hydrogens (tertiary/aromatic N) is 2. The highest BCUT2D eigenvalue weighted by atomic mass is 32.2. The van der Waals surface area contributed by atoms with Gasteiger partial charge in [0, 0.05) is 49.1 Å². The van der Waals surface area contributed by atoms with Gasteiger partial charge >= 0.3 is 6.18 Å². The van der Waals surface area contributed by atoms with Crippen molar-refractivity contribution in [1.29, 1.82) is 0 Å². The average molecular weight is 414 g/mol. The van der Waals surface area contributed by atoms with Crippen molar-refractivity contribution in [3.05, 3.63) is 59.9 Å². The monoisotopic (exact) mass is 414 g/mol. The van der Waals surface area contributed by atoms with Gasteiger partial charge in [-0.15, -0.1) is 11.8 Å². The van der Waals surface area contributed by atoms with Gasteiger partial charge in [-0.05, 0) is 42.5 Å². The van der Waals surface area contributed by atoms with Crippen LogP contribution in [0.3, 0.4) is 0 Å². The lowest BCUT2D eigenvalue weighted by atomic mass is 10.2. The topological polar surface area (TPSA) is 26.7 Å². The summed E-state index contributed by atoms with van der Waals surface area (Å²) in [5, 5.41) is 10.3. The van der Waals surface area contributed by atoms with Crippen molar-refractivity contribution in [2.45, 2.75) is 17.2 Å². The fourth-order valence-corrected chi connectivity index (χ4v) is 4.02. The minimum absolute atomic E-state index is 0.260. The summed E-state index contributed by atoms with van der Waals surface area (Å²) in [4.78, 5) is 4.80. The Balaban J connectivity index is 1.43. The molecule has 2 aromatic carbocycles. The van der Waals surface area contributed by atoms with Gasteiger partial charge in [-0.2, -0.15) is 13.2 Å². The molecule has 1 saturated heterocycles. The van der Waals surface area contributed by atoms with Gasteiger partial charge in [-0.3, -0.25) is 4.90 Å². The van der Waals surface area contributed by atoms with Gasteiger partial charge in [0.1, 0.15) is 5.82 Å². The molecule has 28 heavy (non-hydrogen) atoms. The Morgan fingerprint density at radius 2 is 1.68 bits per heavy atom. The fourth-order valence-electron chi connectivity index (χ4n) is 3.15. The molecule has 0 bridgehead atoms. The van der Waals surface area contributed by atoms with E-state index in [4.69, 9.17) is 0 Å². The third kappa shape index (κ3) is 5.86. The second-order valence-electron chi connectivity index (χ2n) is 6.75. The number of anilines is 1. The van der Waals surface area contributed by atoms with Crippen LogP contribution in [0.5, 0.6) is 0 Å². The Hall–Kier alpha value is -1.77. The van der Waals surface area contributed by atoms with Crippen molar-refractivity contribution in [1.82, 2.24) is 4.90 Å². The van der Waals surface area contributed by atoms with Gasteiger partial charge < -0.3 is 10.0 Å². The van der Waals surface area contributed by atoms with E-state index >= 15 is 0 Å². The van der Waals surface area contributed by atoms with Crippen molar-refractivity contribution >= 4 is 17.4 Å². The fraction of sp³-hybridized carbons (Fsp3) is 0.400. The highest BCUT2D eigenvalue weighted by Gasteiger charge is 2.30. The SMILES string of the molecule is O[C@H](CSc1cccc(C(F)(F)F)c1)CN1CCN(c2ccc(F)cc2)CC1. The average Bonchev–Trinajstić information content (AvgIpc) is 2.67. The van der Waals surface area contributed by atoms with E-state index in [1.807, 2.05) is 0 Å². The van der Waals surface area contributed by atoms with E-state index in [1.54, 1.807) is 18.2 Å². The predicted octanol–water partition coefficient (Wildman–Crippen LogP) is 4.12. The quantitative estimate of drug-likeness (QED) is 0.568. The second kappa shape index (κ2) is 9.15. The maximum atomic E-state index is 13.0. The molecule has 1 atom stereocenters. The van der Waals surface area contributed by atoms with Gasteiger partial charge in [0.25, 0.3) is 0 Å². The van der Waals surface area contributed by atoms with Crippen LogP contribution < -0.4 is 4.90 Å². The first-order valence-corrected chi connectivity index (χ1v) is 10.0. The number of benzene rings is 2. The van der Waals surface area contributed by atoms with Crippen LogP contribution in [0.4, 0.5) is 23.2 Å². The van der Waals surface area contributed by atoms with Crippen molar-refractivity contribution in [3.63, 3.8) is 0 Å². The molecule has 152 valence electrons. The number of thioether (sulfide) groups is 1. The molecule has 8 heteroatoms. The van der Waals surface area contributed by atoms with Crippen LogP contribution in [-0.2, 0) is 6.18 Å². The predicted molar refractivity (Wildman–Crippen MR) is 103 cm³/mol. The number of β-amino-alcohol motifs (C(OH)–C–C–N with tert-alkyl or cyclic N) is 1. The molecule has 0 radical (unpaired) electrons. The molecule has 1 N–H and O–H groups in total. The Bertz CT molecular complexity index is 762. The van der Waals surface area contributed by atoms with Gasteiger partial charge in [-0.1, -0.05) is 6.07 Å². The third-order valence-electron chi connectivity index (χ3n) is 4.64. The molecular formula is C20H22F4N2OS. The second-order valence-corrected chi connectivity index (χ2v) is 7.85. The number of aliphatic hydroxyl groups excluding tert-OH is 1. The standard InChI is InChI=1S/C20H22F4N2OS/c21-16-4-6-17(7-5-16)26-10-8-25(9-11-26)13-18(27)14-28-19-3-1-2-15(12-19)20(22,23)24/h1-7,12,18,27H,8-11,13-14H2/t18-/m0/s1. The highest BCUT2D eigenvalue weighted by molar-refractivity contribution is 7.99. The minimum Gasteiger partial charge on any atom is -0.391 e. The van der Waals surface area contributed by atoms with Crippen molar-refractivity contribution in [3.8, 4) is 0 Å². The van der Waals surface area contributed by atoms with Crippen LogP contribution in [0.2, 0.25) is 0 Å². The van der Waals surface area contributed by atoms with Crippen molar-refractivity contribution in [2.75, 3.05) is 43.4 Å². The smallest absolute Gasteiger partial charge is 0.391 e. The molecular weight excluding hydrogens is 392 g/mol. The molecule has 3 nitrogen and oxygen atoms in total. The summed E-state index contributed by atoms with van der Waals surface area (Å²) in [5.41, 5.74) is 0.297. The van der Waals surface area contributed by atoms with Crippen molar-refractivity contribution in [2.24, 2.45) is 0 Å². The molecule has 1 aliphatic heterocycles. The summed E-state index contributed by atoms with van der Waals surface area (Å²) in [5.74, 6) is 0.0724. The lowest BCUT2D eigenvalue weighted by molar-refractivity contribution is -0.137. The normalized spacial score (nSPS) is 17.0. The van der Waals surface area contributed by atoms with E-state index in [2.05, 4.69) is 9.80 Å². The first kappa shape index (κ1) is 21.0. The van der Waals surface area contributed by atoms with Crippen LogP contribution in [0.1, 0.15) is 5.56 Å². The number of alkyl halides is 3. The summed E-state index contributed by atoms with van der Waals surface area (Å²) in [7, 11) is 0. The van der Waals surface area contributed by atoms with E-state index in [9.17, 15) is 22.7 Å². The lowest BCUT2D eigenvalue weighted by Gasteiger charge is -2.36. The maximum absolute atomic E-state index is 13.0. The molecule has 0 aromatic heterocycles. The van der Waals surface area contributed by atoms with Gasteiger partial charge in [0.05, 0.1) is 11.7 Å². The maximum Gasteiger partial charge on any atom is 0.416 e. The minimum atomic E-state index is -4.36. The number of hydrogen-bond acceptors (Lipinski definition) is 4. The Labute approximate surface area is 166 Å². The molecule has 1 fully saturated rings. The van der Waals surface area contributed by atoms with Crippen LogP contribution in [0, 0.1) is 5.82 Å². The summed E-state index contributed by atoms with van der Waals surface area (Å²) in [6.45, 7) is 3.56. The number of halogens is 4. The molecule has 3 rings (SSSR count). The molecule has 2 aromatic rings. The molecule has 1 heterocycles. The van der Waals surface area contributed by atoms with E-state index in [0.29, 0.717) is 17.2 Å². The highest BCUT2D eigenvalue weighted by Crippen LogP contribution is 2.32. The molecule has 1 aliphatic rings. The Morgan fingerprint density at radius 1 is 1.00 bits per heavy atom. The van der Waals surface area contributed by atoms with E-state index in [0.717, 1.165) is 44.0 Å². The molecule has 0 saturated carbocycles. The van der Waals surface area contributed by atoms with Crippen LogP contribution in [0.15, 0.2) is 53.4 Å². The zero-order chi connectivity index (χ0) is 20.1. The zero-order valence-electron chi connectivity index (χ0n) is 15.2. The zero-order valence-corrected chi connectivity index (χ0v) is 16.0. The molecule has 0 aliphatic carbocycles. The van der Waals surface area contributed by atoms with Gasteiger partial charge in [-0.25, -0.2) is 4.39 Å². The lowest BCUT2D eigenvalue weighted by Crippen LogP contribution is -2.48. The molecule has 0 unspecified atom stereocenters. The summed E-state index contributed by atoms with van der Waals surface area (Å²) in [6.07, 6.45) is -4.99. The summed E-state index contributed by atoms with van der Waals surface area (Å²) >= 11 is 1.22. The molecule has 0 amide bonds. The van der Waals surface area contributed by atoms with E-state index in [-0.39, 0.29) is 5.82 Å². The number of piperazine rings is 1. The van der Waals surface area contributed by atoms with Gasteiger partial charge in [0.15, 0.2) is 0 Å². The van der Waals surface area contributed by atoms with Crippen LogP contribution in [0.25, 0.3) is 0 Å². The third-order valence-corrected chi connectivity index (χ3v) is 5.78. The molecule has 0 spiro atoms. The first-order chi connectivity index (χ1) is 13.3. The van der Waals surface area contributed by atoms with Crippen LogP contribution in [-0.4, -0.2) is 54.6 Å². The number of aliphatic hydroxyl groups is 1. The van der Waals surface area contributed by atoms with E-state index in [1.165, 1.54) is 30.0 Å². The Kier molecular flexibility index (Phi) is 6.85. The largest absolute Gasteiger partial charge is 0.416 e. The first-order valence-electron chi connectivity index (χ1n) is 9.02. The van der Waals surface area contributed by atoms with Crippen molar-refractivity contribution < 1.29 is 22.7 Å². The summed E-state index contributed by atoms with van der Waals surface area (Å²) in [6, 6.07) is 11.5. The van der Waals surface area contributed by atoms with Gasteiger partial charge in [0.2, 0.25) is 0 Å². The number of hydrogen-bond donors (Lipinski definition) is 1. The van der Waals surface area contributed by atoms with E-state index < -0.39 is 17.8 Å². The summed E-state index contributed by atoms with van der Waals surface area (Å²) < 4.78 is 51.3.